The molecule has 1 atom stereocenters. The normalized spacial score (nSPS) is 12.6. The van der Waals surface area contributed by atoms with Gasteiger partial charge >= 0.3 is 0 Å². The third kappa shape index (κ3) is 3.94. The Labute approximate surface area is 130 Å². The van der Waals surface area contributed by atoms with Crippen molar-refractivity contribution in [1.29, 1.82) is 0 Å². The van der Waals surface area contributed by atoms with E-state index in [4.69, 9.17) is 5.73 Å². The number of rotatable bonds is 6. The van der Waals surface area contributed by atoms with Crippen LogP contribution >= 0.6 is 34.9 Å². The van der Waals surface area contributed by atoms with Gasteiger partial charge in [-0.3, -0.25) is 0 Å². The van der Waals surface area contributed by atoms with Gasteiger partial charge < -0.3 is 5.73 Å². The highest BCUT2D eigenvalue weighted by atomic mass is 32.2. The Balaban J connectivity index is 2.24. The standard InChI is InChI=1S/C13H16FN3S3/c1-3-8(15)7-9-10(14)5-4-6-11(9)19-13-17-16-12(18-2)20-13/h4-6,8H,3,7,15H2,1-2H3. The Morgan fingerprint density at radius 1 is 1.35 bits per heavy atom. The van der Waals surface area contributed by atoms with Gasteiger partial charge in [0.15, 0.2) is 8.68 Å². The maximum atomic E-state index is 14.0. The molecule has 1 aromatic carbocycles. The third-order valence-electron chi connectivity index (χ3n) is 2.83. The first kappa shape index (κ1) is 15.8. The minimum atomic E-state index is -0.200. The largest absolute Gasteiger partial charge is 0.327 e. The SMILES string of the molecule is CCC(N)Cc1c(F)cccc1Sc1nnc(SC)s1. The Hall–Kier alpha value is -0.630. The van der Waals surface area contributed by atoms with Crippen LogP contribution in [0.15, 0.2) is 31.8 Å². The predicted octanol–water partition coefficient (Wildman–Crippen LogP) is 3.83. The lowest BCUT2D eigenvalue weighted by molar-refractivity contribution is 0.571. The molecule has 0 bridgehead atoms. The lowest BCUT2D eigenvalue weighted by atomic mass is 10.0. The van der Waals surface area contributed by atoms with E-state index in [9.17, 15) is 4.39 Å². The number of nitrogens with zero attached hydrogens (tertiary/aromatic N) is 2. The zero-order valence-corrected chi connectivity index (χ0v) is 13.7. The lowest BCUT2D eigenvalue weighted by Crippen LogP contribution is -2.22. The van der Waals surface area contributed by atoms with E-state index >= 15 is 0 Å². The number of halogens is 1. The average Bonchev–Trinajstić information content (AvgIpc) is 2.90. The second kappa shape index (κ2) is 7.40. The van der Waals surface area contributed by atoms with Crippen LogP contribution < -0.4 is 5.73 Å². The van der Waals surface area contributed by atoms with Crippen LogP contribution in [0, 0.1) is 5.82 Å². The van der Waals surface area contributed by atoms with Gasteiger partial charge in [0, 0.05) is 16.5 Å². The number of aromatic nitrogens is 2. The molecule has 0 amide bonds. The fourth-order valence-corrected chi connectivity index (χ4v) is 4.21. The van der Waals surface area contributed by atoms with Crippen LogP contribution in [0.5, 0.6) is 0 Å². The first-order valence-corrected chi connectivity index (χ1v) is 9.08. The zero-order valence-electron chi connectivity index (χ0n) is 11.3. The van der Waals surface area contributed by atoms with E-state index in [2.05, 4.69) is 10.2 Å². The van der Waals surface area contributed by atoms with Crippen molar-refractivity contribution in [2.45, 2.75) is 39.4 Å². The van der Waals surface area contributed by atoms with E-state index in [1.807, 2.05) is 19.2 Å². The Morgan fingerprint density at radius 2 is 2.10 bits per heavy atom. The maximum absolute atomic E-state index is 14.0. The zero-order chi connectivity index (χ0) is 14.5. The molecule has 1 heterocycles. The fraction of sp³-hybridized carbons (Fsp3) is 0.385. The van der Waals surface area contributed by atoms with Gasteiger partial charge in [-0.15, -0.1) is 10.2 Å². The molecular weight excluding hydrogens is 313 g/mol. The minimum Gasteiger partial charge on any atom is -0.327 e. The van der Waals surface area contributed by atoms with Crippen molar-refractivity contribution in [1.82, 2.24) is 10.2 Å². The van der Waals surface area contributed by atoms with Gasteiger partial charge in [-0.25, -0.2) is 4.39 Å². The molecule has 0 aliphatic rings. The minimum absolute atomic E-state index is 0.0255. The molecule has 7 heteroatoms. The summed E-state index contributed by atoms with van der Waals surface area (Å²) >= 11 is 4.53. The lowest BCUT2D eigenvalue weighted by Gasteiger charge is -2.13. The summed E-state index contributed by atoms with van der Waals surface area (Å²) in [4.78, 5) is 0.873. The summed E-state index contributed by atoms with van der Waals surface area (Å²) in [7, 11) is 0. The number of benzene rings is 1. The smallest absolute Gasteiger partial charge is 0.179 e. The number of hydrogen-bond acceptors (Lipinski definition) is 6. The van der Waals surface area contributed by atoms with Crippen molar-refractivity contribution in [2.24, 2.45) is 5.73 Å². The van der Waals surface area contributed by atoms with E-state index in [0.29, 0.717) is 12.0 Å². The molecule has 1 unspecified atom stereocenters. The second-order valence-corrected chi connectivity index (χ2v) is 7.55. The molecule has 0 saturated carbocycles. The molecule has 2 rings (SSSR count). The summed E-state index contributed by atoms with van der Waals surface area (Å²) < 4.78 is 15.8. The van der Waals surface area contributed by atoms with Crippen LogP contribution in [0.2, 0.25) is 0 Å². The number of thioether (sulfide) groups is 1. The van der Waals surface area contributed by atoms with Gasteiger partial charge in [-0.05, 0) is 31.2 Å². The van der Waals surface area contributed by atoms with Gasteiger partial charge in [-0.1, -0.05) is 47.9 Å². The van der Waals surface area contributed by atoms with Crippen molar-refractivity contribution >= 4 is 34.9 Å². The van der Waals surface area contributed by atoms with Crippen LogP contribution in [-0.2, 0) is 6.42 Å². The molecule has 108 valence electrons. The quantitative estimate of drug-likeness (QED) is 0.816. The monoisotopic (exact) mass is 329 g/mol. The van der Waals surface area contributed by atoms with E-state index in [-0.39, 0.29) is 11.9 Å². The summed E-state index contributed by atoms with van der Waals surface area (Å²) in [6.45, 7) is 2.01. The van der Waals surface area contributed by atoms with E-state index in [1.165, 1.54) is 29.2 Å². The summed E-state index contributed by atoms with van der Waals surface area (Å²) in [5.74, 6) is -0.200. The molecule has 0 saturated heterocycles. The van der Waals surface area contributed by atoms with Crippen LogP contribution in [0.3, 0.4) is 0 Å². The fourth-order valence-electron chi connectivity index (χ4n) is 1.65. The Morgan fingerprint density at radius 3 is 2.75 bits per heavy atom. The molecule has 1 aromatic heterocycles. The molecule has 0 fully saturated rings. The molecule has 2 N–H and O–H groups in total. The van der Waals surface area contributed by atoms with Gasteiger partial charge in [0.25, 0.3) is 0 Å². The maximum Gasteiger partial charge on any atom is 0.179 e. The van der Waals surface area contributed by atoms with Crippen molar-refractivity contribution in [3.63, 3.8) is 0 Å². The first-order valence-electron chi connectivity index (χ1n) is 6.22. The molecule has 3 nitrogen and oxygen atoms in total. The Kier molecular flexibility index (Phi) is 5.83. The third-order valence-corrected chi connectivity index (χ3v) is 5.88. The highest BCUT2D eigenvalue weighted by Gasteiger charge is 2.14. The van der Waals surface area contributed by atoms with Gasteiger partial charge in [0.1, 0.15) is 5.82 Å². The van der Waals surface area contributed by atoms with Crippen molar-refractivity contribution in [3.8, 4) is 0 Å². The molecule has 0 aliphatic carbocycles. The highest BCUT2D eigenvalue weighted by molar-refractivity contribution is 8.03. The van der Waals surface area contributed by atoms with Crippen molar-refractivity contribution in [2.75, 3.05) is 6.26 Å². The average molecular weight is 329 g/mol. The molecule has 0 radical (unpaired) electrons. The van der Waals surface area contributed by atoms with E-state index in [1.54, 1.807) is 17.8 Å². The predicted molar refractivity (Wildman–Crippen MR) is 84.2 cm³/mol. The van der Waals surface area contributed by atoms with E-state index < -0.39 is 0 Å². The molecule has 20 heavy (non-hydrogen) atoms. The number of nitrogens with two attached hydrogens (primary N) is 1. The molecule has 2 aromatic rings. The van der Waals surface area contributed by atoms with E-state index in [0.717, 1.165) is 20.0 Å². The summed E-state index contributed by atoms with van der Waals surface area (Å²) in [5.41, 5.74) is 6.63. The highest BCUT2D eigenvalue weighted by Crippen LogP contribution is 2.35. The first-order chi connectivity index (χ1) is 9.63. The molecule has 0 aliphatic heterocycles. The topological polar surface area (TPSA) is 51.8 Å². The van der Waals surface area contributed by atoms with Crippen LogP contribution in [0.25, 0.3) is 0 Å². The van der Waals surface area contributed by atoms with Crippen LogP contribution in [-0.4, -0.2) is 22.5 Å². The van der Waals surface area contributed by atoms with Crippen LogP contribution in [0.4, 0.5) is 4.39 Å². The Bertz CT molecular complexity index is 574. The second-order valence-electron chi connectivity index (χ2n) is 4.23. The van der Waals surface area contributed by atoms with Crippen LogP contribution in [0.1, 0.15) is 18.9 Å². The van der Waals surface area contributed by atoms with Gasteiger partial charge in [-0.2, -0.15) is 0 Å². The summed E-state index contributed by atoms with van der Waals surface area (Å²) in [6, 6.07) is 5.08. The number of hydrogen-bond donors (Lipinski definition) is 1. The van der Waals surface area contributed by atoms with Gasteiger partial charge in [0.2, 0.25) is 0 Å². The molecular formula is C13H16FN3S3. The summed E-state index contributed by atoms with van der Waals surface area (Å²) in [6.07, 6.45) is 3.33. The summed E-state index contributed by atoms with van der Waals surface area (Å²) in [5, 5.41) is 8.16. The molecule has 0 spiro atoms. The van der Waals surface area contributed by atoms with Crippen molar-refractivity contribution < 1.29 is 4.39 Å². The van der Waals surface area contributed by atoms with Gasteiger partial charge in [0.05, 0.1) is 0 Å². The van der Waals surface area contributed by atoms with Crippen molar-refractivity contribution in [3.05, 3.63) is 29.6 Å².